The molecule has 0 saturated carbocycles. The Morgan fingerprint density at radius 1 is 1.33 bits per heavy atom. The van der Waals surface area contributed by atoms with Gasteiger partial charge >= 0.3 is 0 Å². The SMILES string of the molecule is CC(C)S(=O)(=O)CCN(C)c1ccccc1C#N. The van der Waals surface area contributed by atoms with Crippen molar-refractivity contribution in [2.24, 2.45) is 0 Å². The fourth-order valence-electron chi connectivity index (χ4n) is 1.52. The highest BCUT2D eigenvalue weighted by Crippen LogP contribution is 2.18. The molecule has 98 valence electrons. The monoisotopic (exact) mass is 266 g/mol. The lowest BCUT2D eigenvalue weighted by molar-refractivity contribution is 0.586. The van der Waals surface area contributed by atoms with Gasteiger partial charge in [-0.15, -0.1) is 0 Å². The molecule has 5 heteroatoms. The van der Waals surface area contributed by atoms with Crippen LogP contribution in [0.5, 0.6) is 0 Å². The lowest BCUT2D eigenvalue weighted by atomic mass is 10.2. The van der Waals surface area contributed by atoms with Crippen LogP contribution in [0.25, 0.3) is 0 Å². The molecule has 0 atom stereocenters. The van der Waals surface area contributed by atoms with Crippen LogP contribution in [-0.4, -0.2) is 33.0 Å². The van der Waals surface area contributed by atoms with Crippen molar-refractivity contribution in [1.82, 2.24) is 0 Å². The summed E-state index contributed by atoms with van der Waals surface area (Å²) < 4.78 is 23.5. The summed E-state index contributed by atoms with van der Waals surface area (Å²) in [5, 5.41) is 8.62. The van der Waals surface area contributed by atoms with Gasteiger partial charge in [0.15, 0.2) is 9.84 Å². The van der Waals surface area contributed by atoms with Gasteiger partial charge in [0, 0.05) is 13.6 Å². The van der Waals surface area contributed by atoms with Gasteiger partial charge in [0.05, 0.1) is 22.3 Å². The number of nitriles is 1. The highest BCUT2D eigenvalue weighted by Gasteiger charge is 2.17. The Kier molecular flexibility index (Phi) is 4.74. The third-order valence-corrected chi connectivity index (χ3v) is 5.05. The van der Waals surface area contributed by atoms with Crippen molar-refractivity contribution in [1.29, 1.82) is 5.26 Å². The van der Waals surface area contributed by atoms with Crippen LogP contribution in [0, 0.1) is 11.3 Å². The average molecular weight is 266 g/mol. The third-order valence-electron chi connectivity index (χ3n) is 2.87. The van der Waals surface area contributed by atoms with Crippen molar-refractivity contribution in [3.05, 3.63) is 29.8 Å². The summed E-state index contributed by atoms with van der Waals surface area (Å²) in [6.45, 7) is 3.75. The highest BCUT2D eigenvalue weighted by atomic mass is 32.2. The van der Waals surface area contributed by atoms with E-state index in [0.717, 1.165) is 5.69 Å². The third kappa shape index (κ3) is 3.47. The summed E-state index contributed by atoms with van der Waals surface area (Å²) in [5.74, 6) is 0.0981. The lowest BCUT2D eigenvalue weighted by Crippen LogP contribution is -2.29. The smallest absolute Gasteiger partial charge is 0.154 e. The van der Waals surface area contributed by atoms with E-state index in [9.17, 15) is 8.42 Å². The fraction of sp³-hybridized carbons (Fsp3) is 0.462. The van der Waals surface area contributed by atoms with E-state index in [1.807, 2.05) is 12.1 Å². The van der Waals surface area contributed by atoms with Crippen LogP contribution in [0.2, 0.25) is 0 Å². The number of hydrogen-bond acceptors (Lipinski definition) is 4. The van der Waals surface area contributed by atoms with Gasteiger partial charge in [0.25, 0.3) is 0 Å². The molecule has 0 N–H and O–H groups in total. The van der Waals surface area contributed by atoms with E-state index in [2.05, 4.69) is 6.07 Å². The maximum Gasteiger partial charge on any atom is 0.154 e. The molecule has 4 nitrogen and oxygen atoms in total. The minimum atomic E-state index is -3.05. The Balaban J connectivity index is 2.79. The Hall–Kier alpha value is -1.54. The number of sulfone groups is 1. The molecular weight excluding hydrogens is 248 g/mol. The molecule has 0 radical (unpaired) electrons. The van der Waals surface area contributed by atoms with E-state index in [1.54, 1.807) is 37.9 Å². The molecule has 0 heterocycles. The van der Waals surface area contributed by atoms with Crippen LogP contribution in [0.1, 0.15) is 19.4 Å². The summed E-state index contributed by atoms with van der Waals surface area (Å²) in [7, 11) is -1.25. The zero-order valence-electron chi connectivity index (χ0n) is 10.9. The Bertz CT molecular complexity index is 544. The lowest BCUT2D eigenvalue weighted by Gasteiger charge is -2.20. The van der Waals surface area contributed by atoms with Gasteiger partial charge in [0.1, 0.15) is 6.07 Å². The maximum absolute atomic E-state index is 11.7. The van der Waals surface area contributed by atoms with E-state index in [1.165, 1.54) is 0 Å². The zero-order valence-corrected chi connectivity index (χ0v) is 11.7. The molecule has 0 amide bonds. The second kappa shape index (κ2) is 5.87. The molecule has 0 aliphatic heterocycles. The maximum atomic E-state index is 11.7. The summed E-state index contributed by atoms with van der Waals surface area (Å²) >= 11 is 0. The predicted molar refractivity (Wildman–Crippen MR) is 73.3 cm³/mol. The minimum Gasteiger partial charge on any atom is -0.373 e. The van der Waals surface area contributed by atoms with Crippen molar-refractivity contribution in [2.45, 2.75) is 19.1 Å². The van der Waals surface area contributed by atoms with Crippen molar-refractivity contribution >= 4 is 15.5 Å². The molecular formula is C13H18N2O2S. The van der Waals surface area contributed by atoms with E-state index in [-0.39, 0.29) is 11.0 Å². The Labute approximate surface area is 109 Å². The van der Waals surface area contributed by atoms with Crippen molar-refractivity contribution < 1.29 is 8.42 Å². The predicted octanol–water partition coefficient (Wildman–Crippen LogP) is 1.82. The number of nitrogens with zero attached hydrogens (tertiary/aromatic N) is 2. The first kappa shape index (κ1) is 14.5. The quantitative estimate of drug-likeness (QED) is 0.815. The van der Waals surface area contributed by atoms with Crippen LogP contribution in [0.15, 0.2) is 24.3 Å². The van der Waals surface area contributed by atoms with Gasteiger partial charge in [-0.1, -0.05) is 12.1 Å². The molecule has 0 saturated heterocycles. The van der Waals surface area contributed by atoms with Crippen LogP contribution in [0.4, 0.5) is 5.69 Å². The summed E-state index contributed by atoms with van der Waals surface area (Å²) in [6, 6.07) is 9.28. The molecule has 1 aromatic carbocycles. The van der Waals surface area contributed by atoms with Gasteiger partial charge < -0.3 is 4.90 Å². The van der Waals surface area contributed by atoms with Crippen LogP contribution in [-0.2, 0) is 9.84 Å². The largest absolute Gasteiger partial charge is 0.373 e. The molecule has 0 unspecified atom stereocenters. The van der Waals surface area contributed by atoms with Crippen molar-refractivity contribution in [3.8, 4) is 6.07 Å². The second-order valence-electron chi connectivity index (χ2n) is 4.47. The van der Waals surface area contributed by atoms with E-state index in [0.29, 0.717) is 12.1 Å². The Morgan fingerprint density at radius 3 is 2.50 bits per heavy atom. The number of hydrogen-bond donors (Lipinski definition) is 0. The summed E-state index contributed by atoms with van der Waals surface area (Å²) in [5.41, 5.74) is 1.32. The van der Waals surface area contributed by atoms with E-state index in [4.69, 9.17) is 5.26 Å². The van der Waals surface area contributed by atoms with Crippen LogP contribution < -0.4 is 4.90 Å². The molecule has 0 aliphatic rings. The van der Waals surface area contributed by atoms with Crippen LogP contribution in [0.3, 0.4) is 0 Å². The first-order chi connectivity index (χ1) is 8.38. The fourth-order valence-corrected chi connectivity index (χ4v) is 2.52. The van der Waals surface area contributed by atoms with Gasteiger partial charge in [-0.05, 0) is 26.0 Å². The Morgan fingerprint density at radius 2 is 1.94 bits per heavy atom. The van der Waals surface area contributed by atoms with Crippen molar-refractivity contribution in [3.63, 3.8) is 0 Å². The highest BCUT2D eigenvalue weighted by molar-refractivity contribution is 7.92. The minimum absolute atomic E-state index is 0.0981. The molecule has 0 aromatic heterocycles. The zero-order chi connectivity index (χ0) is 13.8. The molecule has 0 spiro atoms. The van der Waals surface area contributed by atoms with Gasteiger partial charge in [-0.25, -0.2) is 8.42 Å². The average Bonchev–Trinajstić information content (AvgIpc) is 2.35. The standard InChI is InChI=1S/C13H18N2O2S/c1-11(2)18(16,17)9-8-15(3)13-7-5-4-6-12(13)10-14/h4-7,11H,8-9H2,1-3H3. The molecule has 1 aromatic rings. The van der Waals surface area contributed by atoms with E-state index < -0.39 is 9.84 Å². The van der Waals surface area contributed by atoms with Gasteiger partial charge in [0.2, 0.25) is 0 Å². The topological polar surface area (TPSA) is 61.2 Å². The summed E-state index contributed by atoms with van der Waals surface area (Å²) in [6.07, 6.45) is 0. The molecule has 18 heavy (non-hydrogen) atoms. The number of para-hydroxylation sites is 1. The number of benzene rings is 1. The molecule has 0 aliphatic carbocycles. The van der Waals surface area contributed by atoms with E-state index >= 15 is 0 Å². The van der Waals surface area contributed by atoms with Crippen LogP contribution >= 0.6 is 0 Å². The molecule has 0 fully saturated rings. The number of rotatable bonds is 5. The summed E-state index contributed by atoms with van der Waals surface area (Å²) in [4.78, 5) is 1.80. The molecule has 0 bridgehead atoms. The number of anilines is 1. The van der Waals surface area contributed by atoms with Gasteiger partial charge in [-0.3, -0.25) is 0 Å². The molecule has 1 rings (SSSR count). The normalized spacial score (nSPS) is 11.3. The second-order valence-corrected chi connectivity index (χ2v) is 7.14. The van der Waals surface area contributed by atoms with Gasteiger partial charge in [-0.2, -0.15) is 5.26 Å². The van der Waals surface area contributed by atoms with Crippen molar-refractivity contribution in [2.75, 3.05) is 24.2 Å². The first-order valence-electron chi connectivity index (χ1n) is 5.80. The first-order valence-corrected chi connectivity index (χ1v) is 7.52.